The molecule has 2 fully saturated rings. The van der Waals surface area contributed by atoms with Crippen molar-refractivity contribution < 1.29 is 9.16 Å². The van der Waals surface area contributed by atoms with Crippen LogP contribution in [0.1, 0.15) is 27.2 Å². The minimum Gasteiger partial charge on any atom is -0.407 e. The molecular formula is C21H26O2Si. The predicted octanol–water partition coefficient (Wildman–Crippen LogP) is 3.35. The van der Waals surface area contributed by atoms with Gasteiger partial charge >= 0.3 is 0 Å². The van der Waals surface area contributed by atoms with E-state index in [1.54, 1.807) is 0 Å². The highest BCUT2D eigenvalue weighted by Crippen LogP contribution is 2.47. The fourth-order valence-electron chi connectivity index (χ4n) is 4.15. The highest BCUT2D eigenvalue weighted by atomic mass is 28.4. The maximum Gasteiger partial charge on any atom is 0.261 e. The molecule has 1 aliphatic heterocycles. The summed E-state index contributed by atoms with van der Waals surface area (Å²) < 4.78 is 12.6. The fourth-order valence-corrected chi connectivity index (χ4v) is 8.77. The Morgan fingerprint density at radius 1 is 0.958 bits per heavy atom. The molecule has 2 aromatic carbocycles. The van der Waals surface area contributed by atoms with E-state index in [1.807, 2.05) is 0 Å². The van der Waals surface area contributed by atoms with E-state index in [4.69, 9.17) is 9.16 Å². The molecular weight excluding hydrogens is 312 g/mol. The standard InChI is InChI=1S/C21H26O2Si/c1-21(2,3)24(17-10-6-4-7-11-17,18-12-8-5-9-13-18)22-15-16-14-19-20(16)23-19/h4-13,16,19-20H,14-15H2,1-3H3/t16-,19+,20-/m1/s1. The molecule has 126 valence electrons. The lowest BCUT2D eigenvalue weighted by Gasteiger charge is -2.44. The molecule has 3 atom stereocenters. The van der Waals surface area contributed by atoms with E-state index < -0.39 is 8.32 Å². The normalized spacial score (nSPS) is 25.7. The summed E-state index contributed by atoms with van der Waals surface area (Å²) >= 11 is 0. The molecule has 0 unspecified atom stereocenters. The van der Waals surface area contributed by atoms with Crippen molar-refractivity contribution in [3.8, 4) is 0 Å². The van der Waals surface area contributed by atoms with Gasteiger partial charge in [0.25, 0.3) is 8.32 Å². The topological polar surface area (TPSA) is 21.8 Å². The molecule has 1 heterocycles. The number of hydrogen-bond acceptors (Lipinski definition) is 2. The van der Waals surface area contributed by atoms with Crippen molar-refractivity contribution in [2.45, 2.75) is 44.4 Å². The Kier molecular flexibility index (Phi) is 3.90. The van der Waals surface area contributed by atoms with Crippen LogP contribution in [0.15, 0.2) is 60.7 Å². The van der Waals surface area contributed by atoms with Crippen molar-refractivity contribution >= 4 is 18.7 Å². The third kappa shape index (κ3) is 2.55. The Labute approximate surface area is 145 Å². The van der Waals surface area contributed by atoms with Gasteiger partial charge in [-0.2, -0.15) is 0 Å². The van der Waals surface area contributed by atoms with E-state index in [0.717, 1.165) is 6.61 Å². The largest absolute Gasteiger partial charge is 0.407 e. The summed E-state index contributed by atoms with van der Waals surface area (Å²) in [7, 11) is -2.36. The Bertz CT molecular complexity index is 653. The van der Waals surface area contributed by atoms with Gasteiger partial charge in [-0.25, -0.2) is 0 Å². The molecule has 0 radical (unpaired) electrons. The van der Waals surface area contributed by atoms with Crippen molar-refractivity contribution in [1.29, 1.82) is 0 Å². The molecule has 24 heavy (non-hydrogen) atoms. The molecule has 2 aliphatic rings. The summed E-state index contributed by atoms with van der Waals surface area (Å²) in [6.45, 7) is 7.80. The lowest BCUT2D eigenvalue weighted by molar-refractivity contribution is 0.194. The van der Waals surface area contributed by atoms with Gasteiger partial charge in [0, 0.05) is 12.5 Å². The Balaban J connectivity index is 1.76. The van der Waals surface area contributed by atoms with Crippen LogP contribution in [0.3, 0.4) is 0 Å². The zero-order valence-corrected chi connectivity index (χ0v) is 15.7. The summed E-state index contributed by atoms with van der Waals surface area (Å²) in [6.07, 6.45) is 2.18. The number of benzene rings is 2. The van der Waals surface area contributed by atoms with Gasteiger partial charge < -0.3 is 9.16 Å². The first kappa shape index (κ1) is 16.1. The molecule has 0 N–H and O–H groups in total. The highest BCUT2D eigenvalue weighted by molar-refractivity contribution is 6.99. The van der Waals surface area contributed by atoms with Crippen LogP contribution in [0.25, 0.3) is 0 Å². The van der Waals surface area contributed by atoms with Gasteiger partial charge in [-0.3, -0.25) is 0 Å². The molecule has 2 nitrogen and oxygen atoms in total. The van der Waals surface area contributed by atoms with E-state index >= 15 is 0 Å². The second-order valence-electron chi connectivity index (χ2n) is 8.11. The van der Waals surface area contributed by atoms with Gasteiger partial charge in [0.15, 0.2) is 0 Å². The lowest BCUT2D eigenvalue weighted by atomic mass is 9.86. The van der Waals surface area contributed by atoms with Crippen LogP contribution in [-0.4, -0.2) is 27.1 Å². The van der Waals surface area contributed by atoms with E-state index in [-0.39, 0.29) is 5.04 Å². The third-order valence-electron chi connectivity index (χ3n) is 5.55. The SMILES string of the molecule is CC(C)(C)[Si](OC[C@H]1C[C@@H]2O[C@H]12)(c1ccccc1)c1ccccc1. The summed E-state index contributed by atoms with van der Waals surface area (Å²) in [5.74, 6) is 0.580. The van der Waals surface area contributed by atoms with E-state index in [1.165, 1.54) is 16.8 Å². The summed E-state index contributed by atoms with van der Waals surface area (Å²) in [5, 5.41) is 2.77. The van der Waals surface area contributed by atoms with Crippen molar-refractivity contribution in [2.75, 3.05) is 6.61 Å². The quantitative estimate of drug-likeness (QED) is 0.616. The van der Waals surface area contributed by atoms with Crippen LogP contribution < -0.4 is 10.4 Å². The van der Waals surface area contributed by atoms with Crippen LogP contribution >= 0.6 is 0 Å². The van der Waals surface area contributed by atoms with E-state index in [2.05, 4.69) is 81.4 Å². The number of fused-ring (bicyclic) bond motifs is 1. The van der Waals surface area contributed by atoms with Crippen LogP contribution in [0.2, 0.25) is 5.04 Å². The van der Waals surface area contributed by atoms with Gasteiger partial charge in [0.05, 0.1) is 12.2 Å². The number of epoxide rings is 1. The van der Waals surface area contributed by atoms with Crippen molar-refractivity contribution in [2.24, 2.45) is 5.92 Å². The molecule has 3 heteroatoms. The molecule has 2 aromatic rings. The van der Waals surface area contributed by atoms with Gasteiger partial charge in [-0.15, -0.1) is 0 Å². The summed E-state index contributed by atoms with van der Waals surface area (Å²) in [5.41, 5.74) is 0. The van der Waals surface area contributed by atoms with Gasteiger partial charge in [0.1, 0.15) is 0 Å². The second kappa shape index (κ2) is 5.83. The van der Waals surface area contributed by atoms with Crippen LogP contribution in [-0.2, 0) is 9.16 Å². The lowest BCUT2D eigenvalue weighted by Crippen LogP contribution is -2.67. The number of hydrogen-bond donors (Lipinski definition) is 0. The van der Waals surface area contributed by atoms with Gasteiger partial charge in [-0.05, 0) is 21.8 Å². The van der Waals surface area contributed by atoms with Gasteiger partial charge in [0.2, 0.25) is 0 Å². The monoisotopic (exact) mass is 338 g/mol. The zero-order valence-electron chi connectivity index (χ0n) is 14.7. The summed E-state index contributed by atoms with van der Waals surface area (Å²) in [6, 6.07) is 21.7. The second-order valence-corrected chi connectivity index (χ2v) is 12.4. The smallest absolute Gasteiger partial charge is 0.261 e. The third-order valence-corrected chi connectivity index (χ3v) is 10.6. The summed E-state index contributed by atoms with van der Waals surface area (Å²) in [4.78, 5) is 0. The number of ether oxygens (including phenoxy) is 1. The molecule has 1 aliphatic carbocycles. The average molecular weight is 339 g/mol. The Morgan fingerprint density at radius 3 is 1.88 bits per heavy atom. The fraction of sp³-hybridized carbons (Fsp3) is 0.429. The Hall–Kier alpha value is -1.42. The van der Waals surface area contributed by atoms with Crippen LogP contribution in [0.4, 0.5) is 0 Å². The maximum atomic E-state index is 6.93. The maximum absolute atomic E-state index is 6.93. The van der Waals surface area contributed by atoms with Gasteiger partial charge in [-0.1, -0.05) is 81.4 Å². The molecule has 0 amide bonds. The molecule has 0 aromatic heterocycles. The first-order valence-corrected chi connectivity index (χ1v) is 10.8. The first-order chi connectivity index (χ1) is 11.5. The molecule has 1 saturated carbocycles. The van der Waals surface area contributed by atoms with Crippen molar-refractivity contribution in [3.05, 3.63) is 60.7 Å². The predicted molar refractivity (Wildman–Crippen MR) is 100 cm³/mol. The minimum absolute atomic E-state index is 0.0588. The molecule has 1 saturated heterocycles. The molecule has 0 bridgehead atoms. The molecule has 0 spiro atoms. The highest BCUT2D eigenvalue weighted by Gasteiger charge is 2.57. The van der Waals surface area contributed by atoms with Crippen molar-refractivity contribution in [1.82, 2.24) is 0 Å². The van der Waals surface area contributed by atoms with Crippen molar-refractivity contribution in [3.63, 3.8) is 0 Å². The van der Waals surface area contributed by atoms with E-state index in [0.29, 0.717) is 18.1 Å². The first-order valence-electron chi connectivity index (χ1n) is 8.93. The van der Waals surface area contributed by atoms with E-state index in [9.17, 15) is 0 Å². The van der Waals surface area contributed by atoms with Crippen LogP contribution in [0.5, 0.6) is 0 Å². The molecule has 4 rings (SSSR count). The average Bonchev–Trinajstić information content (AvgIpc) is 3.22. The Morgan fingerprint density at radius 2 is 1.50 bits per heavy atom. The van der Waals surface area contributed by atoms with Crippen LogP contribution in [0, 0.1) is 5.92 Å². The minimum atomic E-state index is -2.36. The number of rotatable bonds is 5. The zero-order chi connectivity index (χ0) is 16.8.